The number of halogens is 2. The zero-order chi connectivity index (χ0) is 20.3. The Morgan fingerprint density at radius 2 is 1.89 bits per heavy atom. The Morgan fingerprint density at radius 3 is 2.33 bits per heavy atom. The van der Waals surface area contributed by atoms with Crippen LogP contribution in [0.3, 0.4) is 0 Å². The molecular formula is C21H32F2N4. The Bertz CT molecular complexity index is 637. The summed E-state index contributed by atoms with van der Waals surface area (Å²) >= 11 is 0. The maximum absolute atomic E-state index is 13.4. The van der Waals surface area contributed by atoms with Gasteiger partial charge in [0, 0.05) is 38.0 Å². The summed E-state index contributed by atoms with van der Waals surface area (Å²) in [6.07, 6.45) is 9.74. The minimum absolute atomic E-state index is 0.101. The topological polar surface area (TPSA) is 40.5 Å². The average Bonchev–Trinajstić information content (AvgIpc) is 2.62. The molecule has 0 fully saturated rings. The molecule has 0 aromatic carbocycles. The quantitative estimate of drug-likeness (QED) is 0.404. The predicted molar refractivity (Wildman–Crippen MR) is 110 cm³/mol. The highest BCUT2D eigenvalue weighted by atomic mass is 19.3. The average molecular weight is 379 g/mol. The van der Waals surface area contributed by atoms with Gasteiger partial charge in [0.15, 0.2) is 5.84 Å². The zero-order valence-electron chi connectivity index (χ0n) is 17.1. The van der Waals surface area contributed by atoms with E-state index in [1.165, 1.54) is 12.3 Å². The van der Waals surface area contributed by atoms with Gasteiger partial charge in [-0.05, 0) is 38.3 Å². The van der Waals surface area contributed by atoms with E-state index in [0.717, 1.165) is 50.8 Å². The third-order valence-corrected chi connectivity index (χ3v) is 3.81. The Labute approximate surface area is 162 Å². The van der Waals surface area contributed by atoms with Gasteiger partial charge in [0.25, 0.3) is 5.92 Å². The number of aromatic nitrogens is 1. The first kappa shape index (κ1) is 22.8. The summed E-state index contributed by atoms with van der Waals surface area (Å²) in [5, 5.41) is 3.26. The number of nitrogens with one attached hydrogen (secondary N) is 1. The smallest absolute Gasteiger partial charge is 0.272 e. The van der Waals surface area contributed by atoms with Gasteiger partial charge in [-0.25, -0.2) is 18.8 Å². The van der Waals surface area contributed by atoms with Crippen LogP contribution in [0, 0.1) is 0 Å². The van der Waals surface area contributed by atoms with Crippen LogP contribution in [-0.4, -0.2) is 28.8 Å². The van der Waals surface area contributed by atoms with E-state index in [9.17, 15) is 8.78 Å². The third kappa shape index (κ3) is 7.49. The first-order valence-corrected chi connectivity index (χ1v) is 9.63. The molecule has 1 rings (SSSR count). The lowest BCUT2D eigenvalue weighted by Gasteiger charge is -2.27. The van der Waals surface area contributed by atoms with Crippen LogP contribution < -0.4 is 5.32 Å². The van der Waals surface area contributed by atoms with Gasteiger partial charge in [-0.1, -0.05) is 32.9 Å². The Hall–Kier alpha value is -2.24. The summed E-state index contributed by atoms with van der Waals surface area (Å²) in [6, 6.07) is 2.98. The minimum Gasteiger partial charge on any atom is -0.355 e. The van der Waals surface area contributed by atoms with Gasteiger partial charge in [0.05, 0.1) is 5.70 Å². The number of aliphatic imine (C=N–C) groups is 1. The van der Waals surface area contributed by atoms with E-state index in [-0.39, 0.29) is 5.56 Å². The second kappa shape index (κ2) is 11.5. The number of pyridine rings is 1. The summed E-state index contributed by atoms with van der Waals surface area (Å²) in [4.78, 5) is 11.0. The van der Waals surface area contributed by atoms with Gasteiger partial charge in [-0.2, -0.15) is 0 Å². The van der Waals surface area contributed by atoms with Gasteiger partial charge >= 0.3 is 0 Å². The molecule has 0 atom stereocenters. The number of amidine groups is 1. The van der Waals surface area contributed by atoms with Crippen LogP contribution in [-0.2, 0) is 5.92 Å². The van der Waals surface area contributed by atoms with Crippen molar-refractivity contribution in [3.05, 3.63) is 47.9 Å². The molecule has 6 heteroatoms. The van der Waals surface area contributed by atoms with Crippen molar-refractivity contribution in [3.8, 4) is 0 Å². The van der Waals surface area contributed by atoms with Crippen molar-refractivity contribution in [2.24, 2.45) is 4.99 Å². The molecule has 0 spiro atoms. The molecule has 1 N–H and O–H groups in total. The van der Waals surface area contributed by atoms with Crippen LogP contribution in [0.1, 0.15) is 59.4 Å². The Morgan fingerprint density at radius 1 is 1.22 bits per heavy atom. The maximum Gasteiger partial charge on any atom is 0.272 e. The van der Waals surface area contributed by atoms with E-state index in [2.05, 4.69) is 34.0 Å². The highest BCUT2D eigenvalue weighted by molar-refractivity contribution is 6.01. The highest BCUT2D eigenvalue weighted by Gasteiger charge is 2.24. The molecule has 0 radical (unpaired) electrons. The van der Waals surface area contributed by atoms with Crippen LogP contribution in [0.4, 0.5) is 14.6 Å². The molecule has 0 aliphatic rings. The molecule has 0 aliphatic heterocycles. The third-order valence-electron chi connectivity index (χ3n) is 3.81. The van der Waals surface area contributed by atoms with Crippen molar-refractivity contribution >= 4 is 11.7 Å². The molecule has 0 amide bonds. The molecule has 150 valence electrons. The monoisotopic (exact) mass is 378 g/mol. The van der Waals surface area contributed by atoms with E-state index in [4.69, 9.17) is 0 Å². The summed E-state index contributed by atoms with van der Waals surface area (Å²) in [6.45, 7) is 10.9. The standard InChI is InChI=1S/C21H32F2N4/c1-6-10-18(20(24-13-7-2)27(14-8-3)15-9-4)26-19-12-11-17(16-25-19)21(5,22)23/h7,10-13,16H,6,8-9,14-15H2,1-5H3,(H,25,26)/b13-7-,18-10-,24-20+. The van der Waals surface area contributed by atoms with Gasteiger partial charge < -0.3 is 10.2 Å². The van der Waals surface area contributed by atoms with Crippen molar-refractivity contribution in [2.75, 3.05) is 18.4 Å². The van der Waals surface area contributed by atoms with Crippen LogP contribution in [0.2, 0.25) is 0 Å². The van der Waals surface area contributed by atoms with Crippen molar-refractivity contribution in [3.63, 3.8) is 0 Å². The number of nitrogens with zero attached hydrogens (tertiary/aromatic N) is 3. The first-order chi connectivity index (χ1) is 12.9. The van der Waals surface area contributed by atoms with E-state index in [1.54, 1.807) is 12.3 Å². The number of allylic oxidation sites excluding steroid dienone is 2. The summed E-state index contributed by atoms with van der Waals surface area (Å²) in [5.41, 5.74) is 0.733. The molecule has 1 heterocycles. The zero-order valence-corrected chi connectivity index (χ0v) is 17.1. The van der Waals surface area contributed by atoms with Crippen LogP contribution in [0.15, 0.2) is 47.4 Å². The Balaban J connectivity index is 3.19. The van der Waals surface area contributed by atoms with Gasteiger partial charge in [-0.3, -0.25) is 0 Å². The number of rotatable bonds is 10. The maximum atomic E-state index is 13.4. The van der Waals surface area contributed by atoms with Crippen LogP contribution in [0.5, 0.6) is 0 Å². The number of alkyl halides is 2. The molecule has 27 heavy (non-hydrogen) atoms. The molecular weight excluding hydrogens is 346 g/mol. The fourth-order valence-electron chi connectivity index (χ4n) is 2.60. The lowest BCUT2D eigenvalue weighted by molar-refractivity contribution is 0.0171. The van der Waals surface area contributed by atoms with E-state index in [0.29, 0.717) is 5.82 Å². The molecule has 1 aromatic heterocycles. The van der Waals surface area contributed by atoms with Crippen molar-refractivity contribution in [1.82, 2.24) is 9.88 Å². The van der Waals surface area contributed by atoms with E-state index in [1.807, 2.05) is 26.0 Å². The lowest BCUT2D eigenvalue weighted by atomic mass is 10.2. The van der Waals surface area contributed by atoms with E-state index >= 15 is 0 Å². The lowest BCUT2D eigenvalue weighted by Crippen LogP contribution is -2.35. The van der Waals surface area contributed by atoms with Crippen LogP contribution in [0.25, 0.3) is 0 Å². The fourth-order valence-corrected chi connectivity index (χ4v) is 2.60. The summed E-state index contributed by atoms with van der Waals surface area (Å²) in [7, 11) is 0. The Kier molecular flexibility index (Phi) is 9.68. The normalized spacial score (nSPS) is 13.3. The van der Waals surface area contributed by atoms with Crippen molar-refractivity contribution in [1.29, 1.82) is 0 Å². The van der Waals surface area contributed by atoms with Crippen molar-refractivity contribution in [2.45, 2.75) is 59.8 Å². The second-order valence-corrected chi connectivity index (χ2v) is 6.39. The largest absolute Gasteiger partial charge is 0.355 e. The molecule has 0 saturated carbocycles. The van der Waals surface area contributed by atoms with Crippen molar-refractivity contribution < 1.29 is 8.78 Å². The SMILES string of the molecule is C\C=C/N=C(\C(=C\CC)Nc1ccc(C(C)(F)F)cn1)N(CCC)CCC. The van der Waals surface area contributed by atoms with Crippen LogP contribution >= 0.6 is 0 Å². The molecule has 0 unspecified atom stereocenters. The minimum atomic E-state index is -2.90. The second-order valence-electron chi connectivity index (χ2n) is 6.39. The van der Waals surface area contributed by atoms with E-state index < -0.39 is 5.92 Å². The first-order valence-electron chi connectivity index (χ1n) is 9.63. The van der Waals surface area contributed by atoms with Gasteiger partial charge in [-0.15, -0.1) is 0 Å². The molecule has 0 saturated heterocycles. The summed E-state index contributed by atoms with van der Waals surface area (Å²) < 4.78 is 26.8. The fraction of sp³-hybridized carbons (Fsp3) is 0.524. The summed E-state index contributed by atoms with van der Waals surface area (Å²) in [5.74, 6) is -1.54. The highest BCUT2D eigenvalue weighted by Crippen LogP contribution is 2.26. The number of hydrogen-bond acceptors (Lipinski definition) is 3. The predicted octanol–water partition coefficient (Wildman–Crippen LogP) is 5.95. The van der Waals surface area contributed by atoms with Gasteiger partial charge in [0.2, 0.25) is 0 Å². The molecule has 0 bridgehead atoms. The molecule has 4 nitrogen and oxygen atoms in total. The molecule has 0 aliphatic carbocycles. The number of anilines is 1. The number of hydrogen-bond donors (Lipinski definition) is 1. The van der Waals surface area contributed by atoms with Gasteiger partial charge in [0.1, 0.15) is 5.82 Å². The molecule has 1 aromatic rings.